The van der Waals surface area contributed by atoms with Gasteiger partial charge < -0.3 is 0 Å². The average molecular weight is 272 g/mol. The maximum Gasteiger partial charge on any atom is 0.0712 e. The molecule has 2 heterocycles. The van der Waals surface area contributed by atoms with Gasteiger partial charge in [-0.25, -0.2) is 0 Å². The molecular weight excluding hydrogens is 256 g/mol. The summed E-state index contributed by atoms with van der Waals surface area (Å²) < 4.78 is 0. The van der Waals surface area contributed by atoms with E-state index in [4.69, 9.17) is 9.97 Å². The zero-order valence-electron chi connectivity index (χ0n) is 12.2. The van der Waals surface area contributed by atoms with Gasteiger partial charge in [-0.15, -0.1) is 0 Å². The molecule has 2 nitrogen and oxygen atoms in total. The second-order valence-electron chi connectivity index (χ2n) is 5.39. The van der Waals surface area contributed by atoms with E-state index in [1.807, 2.05) is 6.07 Å². The minimum absolute atomic E-state index is 0.919. The Hall–Kier alpha value is -2.48. The van der Waals surface area contributed by atoms with Crippen molar-refractivity contribution >= 4 is 32.6 Å². The highest BCUT2D eigenvalue weighted by atomic mass is 14.7. The molecule has 0 aliphatic rings. The molecule has 0 spiro atoms. The molecule has 4 rings (SSSR count). The van der Waals surface area contributed by atoms with E-state index in [9.17, 15) is 0 Å². The largest absolute Gasteiger partial charge is 0.252 e. The van der Waals surface area contributed by atoms with Crippen LogP contribution in [0.15, 0.2) is 48.5 Å². The predicted octanol–water partition coefficient (Wildman–Crippen LogP) is 4.81. The molecule has 102 valence electrons. The van der Waals surface area contributed by atoms with Crippen molar-refractivity contribution in [1.82, 2.24) is 9.97 Å². The Kier molecular flexibility index (Phi) is 2.64. The maximum absolute atomic E-state index is 4.85. The van der Waals surface area contributed by atoms with E-state index >= 15 is 0 Å². The Morgan fingerprint density at radius 1 is 0.762 bits per heavy atom. The van der Waals surface area contributed by atoms with Crippen molar-refractivity contribution in [3.63, 3.8) is 0 Å². The monoisotopic (exact) mass is 272 g/mol. The fourth-order valence-electron chi connectivity index (χ4n) is 3.21. The molecule has 0 saturated carbocycles. The Morgan fingerprint density at radius 3 is 1.95 bits per heavy atom. The third-order valence-corrected chi connectivity index (χ3v) is 4.13. The minimum Gasteiger partial charge on any atom is -0.252 e. The van der Waals surface area contributed by atoms with Crippen LogP contribution in [-0.4, -0.2) is 9.97 Å². The molecule has 0 amide bonds. The minimum atomic E-state index is 0.919. The van der Waals surface area contributed by atoms with E-state index in [0.717, 1.165) is 28.8 Å². The lowest BCUT2D eigenvalue weighted by molar-refractivity contribution is 1.07. The smallest absolute Gasteiger partial charge is 0.0712 e. The van der Waals surface area contributed by atoms with Crippen LogP contribution in [0.25, 0.3) is 32.6 Å². The fraction of sp³-hybridized carbons (Fsp3) is 0.158. The van der Waals surface area contributed by atoms with E-state index in [-0.39, 0.29) is 0 Å². The van der Waals surface area contributed by atoms with E-state index in [2.05, 4.69) is 56.3 Å². The van der Waals surface area contributed by atoms with Crippen LogP contribution in [0.5, 0.6) is 0 Å². The highest BCUT2D eigenvalue weighted by molar-refractivity contribution is 6.19. The van der Waals surface area contributed by atoms with Crippen LogP contribution in [0.1, 0.15) is 18.3 Å². The summed E-state index contributed by atoms with van der Waals surface area (Å²) >= 11 is 0. The summed E-state index contributed by atoms with van der Waals surface area (Å²) in [5.74, 6) is 0. The summed E-state index contributed by atoms with van der Waals surface area (Å²) in [6.45, 7) is 4.25. The van der Waals surface area contributed by atoms with Gasteiger partial charge in [0, 0.05) is 27.2 Å². The van der Waals surface area contributed by atoms with Crippen LogP contribution in [0.3, 0.4) is 0 Å². The molecular formula is C19H16N2. The normalized spacial score (nSPS) is 11.5. The number of hydrogen-bond acceptors (Lipinski definition) is 2. The standard InChI is InChI=1S/C19H16N2/c1-3-15-18-12(2)20-16-10-6-4-8-13(16)19(18)14-9-5-7-11-17(14)21-15/h4-11H,3H2,1-2H3. The highest BCUT2D eigenvalue weighted by Gasteiger charge is 2.13. The van der Waals surface area contributed by atoms with E-state index in [1.165, 1.54) is 21.5 Å². The molecule has 0 fully saturated rings. The van der Waals surface area contributed by atoms with Crippen LogP contribution in [0, 0.1) is 6.92 Å². The molecule has 0 unspecified atom stereocenters. The third-order valence-electron chi connectivity index (χ3n) is 4.13. The van der Waals surface area contributed by atoms with Crippen molar-refractivity contribution in [2.24, 2.45) is 0 Å². The SMILES string of the molecule is CCc1nc2ccccc2c2c1c(C)nc1ccccc12. The Morgan fingerprint density at radius 2 is 1.33 bits per heavy atom. The number of para-hydroxylation sites is 2. The van der Waals surface area contributed by atoms with Crippen molar-refractivity contribution in [2.45, 2.75) is 20.3 Å². The van der Waals surface area contributed by atoms with Crippen LogP contribution in [-0.2, 0) is 6.42 Å². The summed E-state index contributed by atoms with van der Waals surface area (Å²) in [4.78, 5) is 9.63. The first-order valence-electron chi connectivity index (χ1n) is 7.36. The molecule has 0 atom stereocenters. The van der Waals surface area contributed by atoms with Gasteiger partial charge in [-0.2, -0.15) is 0 Å². The average Bonchev–Trinajstić information content (AvgIpc) is 2.53. The number of hydrogen-bond donors (Lipinski definition) is 0. The van der Waals surface area contributed by atoms with Crippen molar-refractivity contribution in [3.8, 4) is 0 Å². The van der Waals surface area contributed by atoms with Gasteiger partial charge in [0.05, 0.1) is 16.7 Å². The Balaban J connectivity index is 2.40. The number of nitrogens with zero attached hydrogens (tertiary/aromatic N) is 2. The topological polar surface area (TPSA) is 25.8 Å². The zero-order valence-corrected chi connectivity index (χ0v) is 12.2. The summed E-state index contributed by atoms with van der Waals surface area (Å²) in [5, 5.41) is 4.94. The lowest BCUT2D eigenvalue weighted by atomic mass is 9.98. The third kappa shape index (κ3) is 1.72. The van der Waals surface area contributed by atoms with Gasteiger partial charge in [-0.05, 0) is 25.5 Å². The molecule has 21 heavy (non-hydrogen) atoms. The number of benzene rings is 2. The van der Waals surface area contributed by atoms with Crippen LogP contribution in [0.4, 0.5) is 0 Å². The second kappa shape index (κ2) is 4.52. The zero-order chi connectivity index (χ0) is 14.4. The number of aryl methyl sites for hydroxylation is 2. The molecule has 2 aromatic carbocycles. The van der Waals surface area contributed by atoms with Crippen LogP contribution >= 0.6 is 0 Å². The number of aromatic nitrogens is 2. The molecule has 4 aromatic rings. The first kappa shape index (κ1) is 12.3. The van der Waals surface area contributed by atoms with Gasteiger partial charge in [-0.3, -0.25) is 9.97 Å². The van der Waals surface area contributed by atoms with Gasteiger partial charge in [0.15, 0.2) is 0 Å². The Labute approximate surface area is 123 Å². The molecule has 2 aromatic heterocycles. The second-order valence-corrected chi connectivity index (χ2v) is 5.39. The van der Waals surface area contributed by atoms with Crippen molar-refractivity contribution in [1.29, 1.82) is 0 Å². The lowest BCUT2D eigenvalue weighted by Gasteiger charge is -2.13. The molecule has 0 saturated heterocycles. The first-order chi connectivity index (χ1) is 10.3. The van der Waals surface area contributed by atoms with Crippen LogP contribution < -0.4 is 0 Å². The van der Waals surface area contributed by atoms with Gasteiger partial charge in [0.2, 0.25) is 0 Å². The van der Waals surface area contributed by atoms with Gasteiger partial charge >= 0.3 is 0 Å². The quantitative estimate of drug-likeness (QED) is 0.465. The summed E-state index contributed by atoms with van der Waals surface area (Å²) in [6, 6.07) is 16.8. The summed E-state index contributed by atoms with van der Waals surface area (Å²) in [5.41, 5.74) is 4.33. The lowest BCUT2D eigenvalue weighted by Crippen LogP contribution is -1.97. The molecule has 0 bridgehead atoms. The summed E-state index contributed by atoms with van der Waals surface area (Å²) in [6.07, 6.45) is 0.919. The van der Waals surface area contributed by atoms with Gasteiger partial charge in [-0.1, -0.05) is 43.3 Å². The molecule has 0 radical (unpaired) electrons. The molecule has 2 heteroatoms. The number of fused-ring (bicyclic) bond motifs is 5. The van der Waals surface area contributed by atoms with E-state index < -0.39 is 0 Å². The fourth-order valence-corrected chi connectivity index (χ4v) is 3.21. The number of rotatable bonds is 1. The Bertz CT molecular complexity index is 971. The van der Waals surface area contributed by atoms with Crippen molar-refractivity contribution in [3.05, 3.63) is 59.9 Å². The van der Waals surface area contributed by atoms with Crippen molar-refractivity contribution < 1.29 is 0 Å². The van der Waals surface area contributed by atoms with Gasteiger partial charge in [0.1, 0.15) is 0 Å². The predicted molar refractivity (Wildman–Crippen MR) is 88.7 cm³/mol. The number of pyridine rings is 2. The molecule has 0 N–H and O–H groups in total. The first-order valence-corrected chi connectivity index (χ1v) is 7.36. The summed E-state index contributed by atoms with van der Waals surface area (Å²) in [7, 11) is 0. The van der Waals surface area contributed by atoms with E-state index in [0.29, 0.717) is 0 Å². The molecule has 0 aliphatic carbocycles. The molecule has 0 aliphatic heterocycles. The van der Waals surface area contributed by atoms with Gasteiger partial charge in [0.25, 0.3) is 0 Å². The van der Waals surface area contributed by atoms with Crippen LogP contribution in [0.2, 0.25) is 0 Å². The van der Waals surface area contributed by atoms with E-state index in [1.54, 1.807) is 0 Å². The van der Waals surface area contributed by atoms with Crippen molar-refractivity contribution in [2.75, 3.05) is 0 Å². The highest BCUT2D eigenvalue weighted by Crippen LogP contribution is 2.33. The maximum atomic E-state index is 4.85.